The summed E-state index contributed by atoms with van der Waals surface area (Å²) < 4.78 is 2.08. The van der Waals surface area contributed by atoms with Crippen molar-refractivity contribution in [3.8, 4) is 11.3 Å². The van der Waals surface area contributed by atoms with Crippen LogP contribution in [0.1, 0.15) is 5.56 Å². The number of benzene rings is 2. The molecule has 0 aliphatic carbocycles. The quantitative estimate of drug-likeness (QED) is 0.0783. The lowest BCUT2D eigenvalue weighted by molar-refractivity contribution is 0.969. The molecule has 0 bridgehead atoms. The minimum Gasteiger partial charge on any atom is -0.350 e. The van der Waals surface area contributed by atoms with Crippen LogP contribution in [0.3, 0.4) is 0 Å². The van der Waals surface area contributed by atoms with Crippen molar-refractivity contribution in [2.24, 2.45) is 7.05 Å². The molecule has 3 aromatic heterocycles. The number of aryl methyl sites for hydroxylation is 1. The van der Waals surface area contributed by atoms with Crippen LogP contribution in [-0.2, 0) is 7.05 Å². The average Bonchev–Trinajstić information content (AvgIpc) is 3.45. The molecule has 0 fully saturated rings. The summed E-state index contributed by atoms with van der Waals surface area (Å²) in [5.74, 6) is 0. The van der Waals surface area contributed by atoms with Gasteiger partial charge in [-0.15, -0.1) is 0 Å². The number of aromatic nitrogens is 5. The zero-order valence-electron chi connectivity index (χ0n) is 20.6. The summed E-state index contributed by atoms with van der Waals surface area (Å²) in [6.45, 7) is 0. The first-order valence-electron chi connectivity index (χ1n) is 11.2. The summed E-state index contributed by atoms with van der Waals surface area (Å²) in [5.41, 5.74) is 5.60. The molecule has 1 aliphatic rings. The van der Waals surface area contributed by atoms with E-state index in [0.717, 1.165) is 11.3 Å². The highest BCUT2D eigenvalue weighted by molar-refractivity contribution is 7.54. The molecular weight excluding hydrogens is 636 g/mol. The van der Waals surface area contributed by atoms with Gasteiger partial charge < -0.3 is 4.57 Å². The molecule has 4 heterocycles. The van der Waals surface area contributed by atoms with Gasteiger partial charge >= 0.3 is 11.4 Å². The molecule has 198 valence electrons. The minimum atomic E-state index is -1.72. The Balaban J connectivity index is 0.000000163. The smallest absolute Gasteiger partial charge is 0.350 e. The Morgan fingerprint density at radius 1 is 0.769 bits per heavy atom. The normalized spacial score (nSPS) is 10.7. The lowest BCUT2D eigenvalue weighted by atomic mass is 10.1. The molecule has 5 aromatic rings. The van der Waals surface area contributed by atoms with Gasteiger partial charge in [0.2, 0.25) is 16.3 Å². The van der Waals surface area contributed by atoms with Crippen LogP contribution >= 0.6 is 65.0 Å². The molecule has 0 amide bonds. The summed E-state index contributed by atoms with van der Waals surface area (Å²) >= 11 is 14.8. The van der Waals surface area contributed by atoms with Gasteiger partial charge in [0, 0.05) is 61.3 Å². The molecule has 0 saturated carbocycles. The Bertz CT molecular complexity index is 1520. The highest BCUT2D eigenvalue weighted by Crippen LogP contribution is 2.29. The van der Waals surface area contributed by atoms with Crippen molar-refractivity contribution >= 4 is 99.0 Å². The molecule has 0 radical (unpaired) electrons. The Kier molecular flexibility index (Phi) is 12.6. The fourth-order valence-electron chi connectivity index (χ4n) is 3.50. The Morgan fingerprint density at radius 2 is 1.38 bits per heavy atom. The van der Waals surface area contributed by atoms with E-state index in [1.54, 1.807) is 12.3 Å². The number of fused-ring (bicyclic) bond motifs is 2. The monoisotopic (exact) mass is 653 g/mol. The standard InChI is InChI=1S/C13H10ClN3.C9H8N.C4H2Cl2N2.Al.3ClH/c1-17-8-10(9-4-2-3-5-12(9)17)11-6-7-15-13(14)16-11;1-10-7-6-8-4-2-3-5-9(8)10;5-3-1-2-7-4(6)8-3;;;;/h2-8H,1H3;2-6H,1H3;1-2H;;3*1H/q;+1;;+3;;;/p-3. The lowest BCUT2D eigenvalue weighted by Gasteiger charge is -1.98. The Hall–Kier alpha value is -2.14. The van der Waals surface area contributed by atoms with Gasteiger partial charge in [-0.3, -0.25) is 0 Å². The fourth-order valence-corrected chi connectivity index (χ4v) is 3.97. The van der Waals surface area contributed by atoms with E-state index in [9.17, 15) is 0 Å². The molecule has 0 spiro atoms. The first-order valence-corrected chi connectivity index (χ1v) is 17.5. The van der Waals surface area contributed by atoms with E-state index >= 15 is 0 Å². The van der Waals surface area contributed by atoms with E-state index in [4.69, 9.17) is 65.0 Å². The second kappa shape index (κ2) is 15.6. The maximum atomic E-state index is 5.82. The fraction of sp³-hybridized carbons (Fsp3) is 0.0769. The number of rotatable bonds is 1. The van der Waals surface area contributed by atoms with E-state index in [2.05, 4.69) is 61.2 Å². The second-order valence-corrected chi connectivity index (χ2v) is 15.2. The predicted octanol–water partition coefficient (Wildman–Crippen LogP) is 8.67. The van der Waals surface area contributed by atoms with Crippen molar-refractivity contribution in [2.45, 2.75) is 0 Å². The first kappa shape index (κ1) is 31.4. The number of halogens is 6. The van der Waals surface area contributed by atoms with Crippen molar-refractivity contribution in [1.82, 2.24) is 24.5 Å². The van der Waals surface area contributed by atoms with Crippen LogP contribution in [0.5, 0.6) is 0 Å². The average molecular weight is 656 g/mol. The largest absolute Gasteiger partial charge is 0.643 e. The summed E-state index contributed by atoms with van der Waals surface area (Å²) in [5, 5.41) is 1.99. The third kappa shape index (κ3) is 9.77. The maximum Gasteiger partial charge on any atom is 0.643 e. The lowest BCUT2D eigenvalue weighted by Crippen LogP contribution is -2.04. The number of hydrogen-bond donors (Lipinski definition) is 0. The van der Waals surface area contributed by atoms with Crippen LogP contribution in [0.25, 0.3) is 28.2 Å². The van der Waals surface area contributed by atoms with Crippen LogP contribution in [-0.4, -0.2) is 42.9 Å². The van der Waals surface area contributed by atoms with Crippen LogP contribution in [0.2, 0.25) is 15.7 Å². The van der Waals surface area contributed by atoms with E-state index in [1.807, 2.05) is 55.4 Å². The van der Waals surface area contributed by atoms with Gasteiger partial charge in [0.15, 0.2) is 5.56 Å². The van der Waals surface area contributed by atoms with Crippen molar-refractivity contribution < 1.29 is 0 Å². The van der Waals surface area contributed by atoms with Gasteiger partial charge in [0.1, 0.15) is 17.4 Å². The number of nitrogens with zero attached hydrogens (tertiary/aromatic N) is 6. The number of para-hydroxylation sites is 2. The predicted molar refractivity (Wildman–Crippen MR) is 167 cm³/mol. The van der Waals surface area contributed by atoms with Crippen molar-refractivity contribution in [3.63, 3.8) is 0 Å². The molecule has 6 nitrogen and oxygen atoms in total. The highest BCUT2D eigenvalue weighted by atomic mass is 35.8. The van der Waals surface area contributed by atoms with Gasteiger partial charge in [0.25, 0.3) is 0 Å². The summed E-state index contributed by atoms with van der Waals surface area (Å²) in [7, 11) is 18.9. The molecule has 0 N–H and O–H groups in total. The zero-order chi connectivity index (χ0) is 28.4. The summed E-state index contributed by atoms with van der Waals surface area (Å²) in [6.07, 6.45) is 10.3. The topological polar surface area (TPSA) is 59.7 Å². The third-order valence-corrected chi connectivity index (χ3v) is 5.68. The van der Waals surface area contributed by atoms with Gasteiger partial charge in [-0.1, -0.05) is 29.8 Å². The molecule has 13 heteroatoms. The summed E-state index contributed by atoms with van der Waals surface area (Å²) in [4.78, 5) is 17.3. The van der Waals surface area contributed by atoms with E-state index in [-0.39, 0.29) is 10.6 Å². The molecule has 2 aromatic carbocycles. The first-order chi connectivity index (χ1) is 18.7. The number of hydrogen-bond acceptors (Lipinski definition) is 5. The van der Waals surface area contributed by atoms with Crippen LogP contribution in [0.15, 0.2) is 79.3 Å². The molecule has 1 aliphatic heterocycles. The molecule has 6 rings (SSSR count). The van der Waals surface area contributed by atoms with Gasteiger partial charge in [0.05, 0.1) is 5.69 Å². The molecule has 0 saturated heterocycles. The van der Waals surface area contributed by atoms with E-state index < -0.39 is 11.4 Å². The molecule has 0 unspecified atom stereocenters. The van der Waals surface area contributed by atoms with Gasteiger partial charge in [-0.2, -0.15) is 4.90 Å². The van der Waals surface area contributed by atoms with Crippen LogP contribution < -0.4 is 4.90 Å². The van der Waals surface area contributed by atoms with Crippen molar-refractivity contribution in [3.05, 3.63) is 107 Å². The molecular formula is C26H20AlCl6N6+. The Morgan fingerprint density at radius 3 is 2.00 bits per heavy atom. The van der Waals surface area contributed by atoms with Crippen molar-refractivity contribution in [1.29, 1.82) is 0 Å². The van der Waals surface area contributed by atoms with Gasteiger partial charge in [-0.25, -0.2) is 50.1 Å². The van der Waals surface area contributed by atoms with Crippen LogP contribution in [0.4, 0.5) is 5.69 Å². The van der Waals surface area contributed by atoms with Crippen molar-refractivity contribution in [2.75, 3.05) is 11.9 Å². The maximum absolute atomic E-state index is 5.82. The third-order valence-electron chi connectivity index (χ3n) is 5.10. The van der Waals surface area contributed by atoms with Crippen LogP contribution in [0, 0.1) is 6.20 Å². The second-order valence-electron chi connectivity index (χ2n) is 7.67. The number of anilines is 1. The minimum absolute atomic E-state index is 0.178. The Labute approximate surface area is 258 Å². The molecule has 0 atom stereocenters. The highest BCUT2D eigenvalue weighted by Gasteiger charge is 2.20. The molecule has 39 heavy (non-hydrogen) atoms. The zero-order valence-corrected chi connectivity index (χ0v) is 26.3. The van der Waals surface area contributed by atoms with Gasteiger partial charge in [-0.05, 0) is 53.5 Å². The SMILES string of the molecule is CN1[C+]=Cc2ccccc21.Clc1ccnc(Cl)n1.Cn1cc(-c2ccnc(Cl)n2)c2ccccc21.[Cl][Al]([Cl])[Cl]. The van der Waals surface area contributed by atoms with E-state index in [0.29, 0.717) is 5.15 Å². The van der Waals surface area contributed by atoms with E-state index in [1.165, 1.54) is 28.4 Å². The summed E-state index contributed by atoms with van der Waals surface area (Å²) in [6, 6.07) is 19.9.